The predicted octanol–water partition coefficient (Wildman–Crippen LogP) is 0.684. The van der Waals surface area contributed by atoms with Crippen LogP contribution in [0.15, 0.2) is 18.2 Å². The Hall–Kier alpha value is -1.92. The number of carboxylic acids is 1. The molecule has 0 spiro atoms. The third-order valence-electron chi connectivity index (χ3n) is 3.38. The average Bonchev–Trinajstić information content (AvgIpc) is 2.64. The smallest absolute Gasteiger partial charge is 0.320 e. The van der Waals surface area contributed by atoms with Gasteiger partial charge in [-0.15, -0.1) is 0 Å². The van der Waals surface area contributed by atoms with Crippen LogP contribution in [0, 0.1) is 6.92 Å². The Morgan fingerprint density at radius 3 is 2.79 bits per heavy atom. The molecule has 1 heterocycles. The van der Waals surface area contributed by atoms with Crippen molar-refractivity contribution in [3.8, 4) is 0 Å². The van der Waals surface area contributed by atoms with Crippen molar-refractivity contribution in [3.63, 3.8) is 0 Å². The maximum atomic E-state index is 10.7. The fourth-order valence-corrected chi connectivity index (χ4v) is 2.08. The Kier molecular flexibility index (Phi) is 3.55. The summed E-state index contributed by atoms with van der Waals surface area (Å²) in [6.45, 7) is 1.93. The van der Waals surface area contributed by atoms with Crippen LogP contribution in [-0.2, 0) is 11.8 Å². The lowest BCUT2D eigenvalue weighted by molar-refractivity contribution is -0.138. The number of aryl methyl sites for hydroxylation is 2. The normalized spacial score (nSPS) is 14.5. The fourth-order valence-electron chi connectivity index (χ4n) is 2.08. The summed E-state index contributed by atoms with van der Waals surface area (Å²) in [7, 11) is 1.95. The second kappa shape index (κ2) is 4.99. The van der Waals surface area contributed by atoms with Gasteiger partial charge in [-0.05, 0) is 31.0 Å². The van der Waals surface area contributed by atoms with Crippen LogP contribution < -0.4 is 11.5 Å². The summed E-state index contributed by atoms with van der Waals surface area (Å²) >= 11 is 0. The maximum Gasteiger partial charge on any atom is 0.320 e. The van der Waals surface area contributed by atoms with Crippen LogP contribution in [-0.4, -0.2) is 26.7 Å². The number of aromatic nitrogens is 2. The van der Waals surface area contributed by atoms with Crippen LogP contribution in [0.5, 0.6) is 0 Å². The van der Waals surface area contributed by atoms with Crippen molar-refractivity contribution in [2.45, 2.75) is 25.4 Å². The van der Waals surface area contributed by atoms with E-state index in [9.17, 15) is 4.79 Å². The zero-order valence-corrected chi connectivity index (χ0v) is 11.0. The van der Waals surface area contributed by atoms with Gasteiger partial charge in [0.1, 0.15) is 11.9 Å². The van der Waals surface area contributed by atoms with Gasteiger partial charge in [-0.2, -0.15) is 0 Å². The molecule has 2 aromatic rings. The quantitative estimate of drug-likeness (QED) is 0.751. The Labute approximate surface area is 111 Å². The molecule has 5 N–H and O–H groups in total. The summed E-state index contributed by atoms with van der Waals surface area (Å²) in [6.07, 6.45) is 0.201. The first-order valence-corrected chi connectivity index (χ1v) is 6.07. The highest BCUT2D eigenvalue weighted by atomic mass is 16.4. The SMILES string of the molecule is Cc1nc2cc(C(N)CC(N)C(=O)O)ccc2n1C. The summed E-state index contributed by atoms with van der Waals surface area (Å²) in [6, 6.07) is 4.37. The van der Waals surface area contributed by atoms with Crippen LogP contribution in [0.25, 0.3) is 11.0 Å². The third kappa shape index (κ3) is 2.59. The molecule has 0 aliphatic heterocycles. The topological polar surface area (TPSA) is 107 Å². The van der Waals surface area contributed by atoms with E-state index >= 15 is 0 Å². The minimum Gasteiger partial charge on any atom is -0.480 e. The van der Waals surface area contributed by atoms with Gasteiger partial charge in [0.05, 0.1) is 11.0 Å². The molecule has 0 fully saturated rings. The van der Waals surface area contributed by atoms with Gasteiger partial charge in [0.15, 0.2) is 0 Å². The van der Waals surface area contributed by atoms with Crippen LogP contribution in [0.1, 0.15) is 23.9 Å². The van der Waals surface area contributed by atoms with Crippen molar-refractivity contribution in [2.75, 3.05) is 0 Å². The van der Waals surface area contributed by atoms with Gasteiger partial charge in [-0.3, -0.25) is 4.79 Å². The molecule has 0 radical (unpaired) electrons. The van der Waals surface area contributed by atoms with Gasteiger partial charge < -0.3 is 21.1 Å². The molecule has 6 heteroatoms. The Morgan fingerprint density at radius 2 is 2.16 bits per heavy atom. The molecule has 0 amide bonds. The van der Waals surface area contributed by atoms with E-state index in [1.54, 1.807) is 0 Å². The number of nitrogens with two attached hydrogens (primary N) is 2. The van der Waals surface area contributed by atoms with Gasteiger partial charge in [-0.25, -0.2) is 4.98 Å². The molecule has 0 saturated carbocycles. The van der Waals surface area contributed by atoms with Crippen molar-refractivity contribution < 1.29 is 9.90 Å². The molecule has 0 bridgehead atoms. The molecule has 1 aromatic carbocycles. The highest BCUT2D eigenvalue weighted by Gasteiger charge is 2.18. The number of fused-ring (bicyclic) bond motifs is 1. The molecule has 102 valence electrons. The lowest BCUT2D eigenvalue weighted by atomic mass is 10.00. The number of hydrogen-bond acceptors (Lipinski definition) is 4. The predicted molar refractivity (Wildman–Crippen MR) is 72.6 cm³/mol. The first-order chi connectivity index (χ1) is 8.90. The molecule has 2 atom stereocenters. The largest absolute Gasteiger partial charge is 0.480 e. The number of imidazole rings is 1. The van der Waals surface area contributed by atoms with E-state index in [1.165, 1.54) is 0 Å². The highest BCUT2D eigenvalue weighted by Crippen LogP contribution is 2.21. The summed E-state index contributed by atoms with van der Waals surface area (Å²) in [5, 5.41) is 8.79. The summed E-state index contributed by atoms with van der Waals surface area (Å²) in [4.78, 5) is 15.2. The van der Waals surface area contributed by atoms with Crippen LogP contribution in [0.3, 0.4) is 0 Å². The van der Waals surface area contributed by atoms with Gasteiger partial charge in [0.25, 0.3) is 0 Å². The van der Waals surface area contributed by atoms with Gasteiger partial charge in [-0.1, -0.05) is 6.07 Å². The second-order valence-corrected chi connectivity index (χ2v) is 4.75. The van der Waals surface area contributed by atoms with Crippen molar-refractivity contribution in [2.24, 2.45) is 18.5 Å². The summed E-state index contributed by atoms with van der Waals surface area (Å²) in [5.74, 6) is -0.117. The zero-order valence-electron chi connectivity index (χ0n) is 11.0. The lowest BCUT2D eigenvalue weighted by Gasteiger charge is -2.14. The molecule has 19 heavy (non-hydrogen) atoms. The summed E-state index contributed by atoms with van der Waals surface area (Å²) in [5.41, 5.74) is 14.2. The Morgan fingerprint density at radius 1 is 1.47 bits per heavy atom. The summed E-state index contributed by atoms with van der Waals surface area (Å²) < 4.78 is 1.99. The van der Waals surface area contributed by atoms with Crippen LogP contribution in [0.2, 0.25) is 0 Å². The highest BCUT2D eigenvalue weighted by molar-refractivity contribution is 5.77. The monoisotopic (exact) mass is 262 g/mol. The molecule has 6 nitrogen and oxygen atoms in total. The molecule has 0 aliphatic rings. The molecule has 0 saturated heterocycles. The Balaban J connectivity index is 2.28. The minimum absolute atomic E-state index is 0.201. The molecule has 1 aromatic heterocycles. The van der Waals surface area contributed by atoms with Gasteiger partial charge in [0, 0.05) is 13.1 Å². The first-order valence-electron chi connectivity index (χ1n) is 6.07. The third-order valence-corrected chi connectivity index (χ3v) is 3.38. The second-order valence-electron chi connectivity index (χ2n) is 4.75. The molecule has 2 unspecified atom stereocenters. The van der Waals surface area contributed by atoms with E-state index in [4.69, 9.17) is 16.6 Å². The van der Waals surface area contributed by atoms with E-state index in [0.29, 0.717) is 0 Å². The lowest BCUT2D eigenvalue weighted by Crippen LogP contribution is -2.33. The number of rotatable bonds is 4. The molecule has 0 aliphatic carbocycles. The number of hydrogen-bond donors (Lipinski definition) is 3. The van der Waals surface area contributed by atoms with E-state index in [0.717, 1.165) is 22.4 Å². The standard InChI is InChI=1S/C13H18N4O2/c1-7-16-11-5-8(3-4-12(11)17(7)2)9(14)6-10(15)13(18)19/h3-5,9-10H,6,14-15H2,1-2H3,(H,18,19). The maximum absolute atomic E-state index is 10.7. The molecule has 2 rings (SSSR count). The van der Waals surface area contributed by atoms with Crippen molar-refractivity contribution >= 4 is 17.0 Å². The molecular formula is C13H18N4O2. The van der Waals surface area contributed by atoms with Crippen molar-refractivity contribution in [1.82, 2.24) is 9.55 Å². The zero-order chi connectivity index (χ0) is 14.2. The van der Waals surface area contributed by atoms with Gasteiger partial charge >= 0.3 is 5.97 Å². The fraction of sp³-hybridized carbons (Fsp3) is 0.385. The van der Waals surface area contributed by atoms with Crippen molar-refractivity contribution in [1.29, 1.82) is 0 Å². The number of carbonyl (C=O) groups is 1. The first kappa shape index (κ1) is 13.5. The molecular weight excluding hydrogens is 244 g/mol. The number of benzene rings is 1. The number of carboxylic acid groups (broad SMARTS) is 1. The van der Waals surface area contributed by atoms with E-state index < -0.39 is 18.1 Å². The van der Waals surface area contributed by atoms with E-state index in [2.05, 4.69) is 4.98 Å². The van der Waals surface area contributed by atoms with Crippen molar-refractivity contribution in [3.05, 3.63) is 29.6 Å². The van der Waals surface area contributed by atoms with E-state index in [1.807, 2.05) is 36.7 Å². The van der Waals surface area contributed by atoms with Crippen LogP contribution in [0.4, 0.5) is 0 Å². The Bertz CT molecular complexity index is 620. The van der Waals surface area contributed by atoms with Crippen LogP contribution >= 0.6 is 0 Å². The van der Waals surface area contributed by atoms with E-state index in [-0.39, 0.29) is 6.42 Å². The number of aliphatic carboxylic acids is 1. The average molecular weight is 262 g/mol. The minimum atomic E-state index is -1.04. The van der Waals surface area contributed by atoms with Gasteiger partial charge in [0.2, 0.25) is 0 Å². The number of nitrogens with zero attached hydrogens (tertiary/aromatic N) is 2.